The van der Waals surface area contributed by atoms with Crippen molar-refractivity contribution in [3.63, 3.8) is 0 Å². The Morgan fingerprint density at radius 1 is 1.00 bits per heavy atom. The van der Waals surface area contributed by atoms with Gasteiger partial charge in [0.1, 0.15) is 11.4 Å². The summed E-state index contributed by atoms with van der Waals surface area (Å²) >= 11 is 0. The molecule has 37 heavy (non-hydrogen) atoms. The molecule has 2 aromatic carbocycles. The van der Waals surface area contributed by atoms with Gasteiger partial charge in [-0.05, 0) is 36.6 Å². The number of nitrogens with zero attached hydrogens (tertiary/aromatic N) is 5. The number of amides is 2. The first-order valence-corrected chi connectivity index (χ1v) is 12.6. The number of anilines is 1. The number of halogens is 1. The molecular formula is C28H30FN5O3. The van der Waals surface area contributed by atoms with Crippen LogP contribution in [-0.2, 0) is 11.3 Å². The van der Waals surface area contributed by atoms with Gasteiger partial charge < -0.3 is 19.4 Å². The van der Waals surface area contributed by atoms with Crippen molar-refractivity contribution < 1.29 is 18.7 Å². The zero-order chi connectivity index (χ0) is 25.9. The Hall–Kier alpha value is -4.01. The molecule has 2 amide bonds. The summed E-state index contributed by atoms with van der Waals surface area (Å²) in [7, 11) is 0. The van der Waals surface area contributed by atoms with Gasteiger partial charge in [0.05, 0.1) is 12.3 Å². The number of benzene rings is 2. The summed E-state index contributed by atoms with van der Waals surface area (Å²) in [5.41, 5.74) is 3.53. The molecule has 9 heteroatoms. The van der Waals surface area contributed by atoms with Crippen LogP contribution in [0.5, 0.6) is 5.88 Å². The summed E-state index contributed by atoms with van der Waals surface area (Å²) in [5.74, 6) is 0.276. The number of piperazine rings is 1. The SMILES string of the molecule is CC(=O)N1CCN(c2nc3c(c(-c4ccccc4C)n2)C(=O)N(Cc2ccc(F)cc2)CCCO3)CC1. The van der Waals surface area contributed by atoms with Gasteiger partial charge >= 0.3 is 0 Å². The lowest BCUT2D eigenvalue weighted by molar-refractivity contribution is -0.129. The summed E-state index contributed by atoms with van der Waals surface area (Å²) in [6.45, 7) is 7.17. The Morgan fingerprint density at radius 2 is 1.73 bits per heavy atom. The van der Waals surface area contributed by atoms with E-state index < -0.39 is 0 Å². The molecule has 1 aromatic heterocycles. The quantitative estimate of drug-likeness (QED) is 0.541. The molecule has 0 unspecified atom stereocenters. The van der Waals surface area contributed by atoms with E-state index in [1.165, 1.54) is 12.1 Å². The van der Waals surface area contributed by atoms with E-state index in [4.69, 9.17) is 14.7 Å². The average Bonchev–Trinajstić information content (AvgIpc) is 2.90. The molecule has 2 aliphatic heterocycles. The Bertz CT molecular complexity index is 1310. The van der Waals surface area contributed by atoms with Gasteiger partial charge in [0.25, 0.3) is 5.91 Å². The van der Waals surface area contributed by atoms with Crippen LogP contribution in [0.1, 0.15) is 34.8 Å². The monoisotopic (exact) mass is 503 g/mol. The second-order valence-electron chi connectivity index (χ2n) is 9.42. The van der Waals surface area contributed by atoms with Crippen molar-refractivity contribution >= 4 is 17.8 Å². The summed E-state index contributed by atoms with van der Waals surface area (Å²) in [6, 6.07) is 14.0. The van der Waals surface area contributed by atoms with Gasteiger partial charge in [-0.1, -0.05) is 36.4 Å². The Balaban J connectivity index is 1.56. The lowest BCUT2D eigenvalue weighted by Gasteiger charge is -2.35. The number of hydrogen-bond acceptors (Lipinski definition) is 6. The number of hydrogen-bond donors (Lipinski definition) is 0. The minimum atomic E-state index is -0.312. The molecule has 1 fully saturated rings. The average molecular weight is 504 g/mol. The van der Waals surface area contributed by atoms with Gasteiger partial charge in [-0.25, -0.2) is 9.37 Å². The van der Waals surface area contributed by atoms with E-state index in [1.54, 1.807) is 28.9 Å². The minimum Gasteiger partial charge on any atom is -0.477 e. The van der Waals surface area contributed by atoms with E-state index >= 15 is 0 Å². The normalized spacial score (nSPS) is 16.1. The van der Waals surface area contributed by atoms with E-state index in [9.17, 15) is 14.0 Å². The van der Waals surface area contributed by atoms with Gasteiger partial charge in [-0.15, -0.1) is 0 Å². The van der Waals surface area contributed by atoms with E-state index in [0.29, 0.717) is 69.5 Å². The fourth-order valence-corrected chi connectivity index (χ4v) is 4.77. The highest BCUT2D eigenvalue weighted by Gasteiger charge is 2.31. The Morgan fingerprint density at radius 3 is 2.43 bits per heavy atom. The molecule has 2 aliphatic rings. The predicted molar refractivity (Wildman–Crippen MR) is 138 cm³/mol. The maximum absolute atomic E-state index is 14.0. The molecule has 192 valence electrons. The van der Waals surface area contributed by atoms with E-state index in [1.807, 2.05) is 36.1 Å². The molecule has 3 heterocycles. The minimum absolute atomic E-state index is 0.0505. The maximum atomic E-state index is 14.0. The van der Waals surface area contributed by atoms with Crippen molar-refractivity contribution in [3.8, 4) is 17.1 Å². The number of fused-ring (bicyclic) bond motifs is 1. The molecule has 3 aromatic rings. The second kappa shape index (κ2) is 10.5. The highest BCUT2D eigenvalue weighted by molar-refractivity contribution is 6.02. The fraction of sp³-hybridized carbons (Fsp3) is 0.357. The van der Waals surface area contributed by atoms with Crippen LogP contribution < -0.4 is 9.64 Å². The zero-order valence-electron chi connectivity index (χ0n) is 21.1. The molecular weight excluding hydrogens is 473 g/mol. The van der Waals surface area contributed by atoms with Crippen LogP contribution in [-0.4, -0.2) is 70.9 Å². The summed E-state index contributed by atoms with van der Waals surface area (Å²) in [4.78, 5) is 41.0. The van der Waals surface area contributed by atoms with Crippen LogP contribution in [0.25, 0.3) is 11.3 Å². The molecule has 0 N–H and O–H groups in total. The smallest absolute Gasteiger partial charge is 0.261 e. The van der Waals surface area contributed by atoms with Crippen LogP contribution >= 0.6 is 0 Å². The molecule has 0 aliphatic carbocycles. The van der Waals surface area contributed by atoms with Crippen LogP contribution in [0.2, 0.25) is 0 Å². The fourth-order valence-electron chi connectivity index (χ4n) is 4.77. The number of carbonyl (C=O) groups excluding carboxylic acids is 2. The molecule has 5 rings (SSSR count). The van der Waals surface area contributed by atoms with Gasteiger partial charge in [0.15, 0.2) is 0 Å². The Labute approximate surface area is 215 Å². The van der Waals surface area contributed by atoms with Crippen molar-refractivity contribution in [2.24, 2.45) is 0 Å². The van der Waals surface area contributed by atoms with E-state index in [2.05, 4.69) is 0 Å². The number of carbonyl (C=O) groups is 2. The van der Waals surface area contributed by atoms with Crippen molar-refractivity contribution in [2.45, 2.75) is 26.8 Å². The first-order chi connectivity index (χ1) is 17.9. The summed E-state index contributed by atoms with van der Waals surface area (Å²) < 4.78 is 19.5. The van der Waals surface area contributed by atoms with Crippen LogP contribution in [0.15, 0.2) is 48.5 Å². The predicted octanol–water partition coefficient (Wildman–Crippen LogP) is 3.68. The largest absolute Gasteiger partial charge is 0.477 e. The molecule has 0 saturated carbocycles. The van der Waals surface area contributed by atoms with Crippen LogP contribution in [0.3, 0.4) is 0 Å². The van der Waals surface area contributed by atoms with Crippen LogP contribution in [0, 0.1) is 12.7 Å². The molecule has 1 saturated heterocycles. The number of aryl methyl sites for hydroxylation is 1. The number of ether oxygens (including phenoxy) is 1. The van der Waals surface area contributed by atoms with Crippen molar-refractivity contribution in [3.05, 3.63) is 71.0 Å². The first kappa shape index (κ1) is 24.7. The molecule has 0 atom stereocenters. The van der Waals surface area contributed by atoms with Gasteiger partial charge in [-0.2, -0.15) is 4.98 Å². The van der Waals surface area contributed by atoms with Crippen LogP contribution in [0.4, 0.5) is 10.3 Å². The highest BCUT2D eigenvalue weighted by Crippen LogP contribution is 2.34. The topological polar surface area (TPSA) is 78.9 Å². The van der Waals surface area contributed by atoms with E-state index in [0.717, 1.165) is 16.7 Å². The zero-order valence-corrected chi connectivity index (χ0v) is 21.1. The lowest BCUT2D eigenvalue weighted by atomic mass is 10.0. The Kier molecular flexibility index (Phi) is 7.03. The third-order valence-electron chi connectivity index (χ3n) is 6.87. The van der Waals surface area contributed by atoms with Crippen molar-refractivity contribution in [2.75, 3.05) is 44.2 Å². The second-order valence-corrected chi connectivity index (χ2v) is 9.42. The number of rotatable bonds is 4. The van der Waals surface area contributed by atoms with Gasteiger partial charge in [0, 0.05) is 51.8 Å². The molecule has 8 nitrogen and oxygen atoms in total. The first-order valence-electron chi connectivity index (χ1n) is 12.6. The van der Waals surface area contributed by atoms with Gasteiger partial charge in [-0.3, -0.25) is 9.59 Å². The molecule has 0 spiro atoms. The third kappa shape index (κ3) is 5.26. The summed E-state index contributed by atoms with van der Waals surface area (Å²) in [6.07, 6.45) is 0.642. The maximum Gasteiger partial charge on any atom is 0.261 e. The van der Waals surface area contributed by atoms with Crippen molar-refractivity contribution in [1.29, 1.82) is 0 Å². The number of aromatic nitrogens is 2. The van der Waals surface area contributed by atoms with E-state index in [-0.39, 0.29) is 23.5 Å². The highest BCUT2D eigenvalue weighted by atomic mass is 19.1. The molecule has 0 bridgehead atoms. The van der Waals surface area contributed by atoms with Gasteiger partial charge in [0.2, 0.25) is 17.7 Å². The lowest BCUT2D eigenvalue weighted by Crippen LogP contribution is -2.48. The third-order valence-corrected chi connectivity index (χ3v) is 6.87. The molecule has 0 radical (unpaired) electrons. The standard InChI is InChI=1S/C28H30FN5O3/c1-19-6-3-4-7-23(19)25-24-26(31-28(30-25)33-15-13-32(14-16-33)20(2)35)37-17-5-12-34(27(24)36)18-21-8-10-22(29)11-9-21/h3-4,6-11H,5,12-18H2,1-2H3. The van der Waals surface area contributed by atoms with Crippen molar-refractivity contribution in [1.82, 2.24) is 19.8 Å². The summed E-state index contributed by atoms with van der Waals surface area (Å²) in [5, 5.41) is 0.